The van der Waals surface area contributed by atoms with Gasteiger partial charge in [-0.05, 0) is 31.5 Å². The zero-order valence-electron chi connectivity index (χ0n) is 17.1. The lowest BCUT2D eigenvalue weighted by atomic mass is 10.2. The summed E-state index contributed by atoms with van der Waals surface area (Å²) in [6.45, 7) is 20.1. The third-order valence-electron chi connectivity index (χ3n) is 4.00. The molecule has 1 unspecified atom stereocenters. The lowest BCUT2D eigenvalue weighted by Gasteiger charge is -2.38. The Hall–Kier alpha value is -0.836. The number of esters is 1. The molecular weight excluding hydrogens is 332 g/mol. The zero-order chi connectivity index (χ0) is 19.0. The van der Waals surface area contributed by atoms with Crippen LogP contribution in [0.5, 0.6) is 0 Å². The fraction of sp³-hybridized carbons (Fsp3) is 0.737. The minimum absolute atomic E-state index is 0.0282. The standard InChI is InChI=1S/C19H36O3Si2/c1-10-21-18(20)15-11-13-17(14-12-16-23(5,6)7)22-24(8,9)19(2,3)4/h11,15,17H,10,13-14H2,1-9H3/b15-11+. The molecule has 0 aliphatic heterocycles. The van der Waals surface area contributed by atoms with Gasteiger partial charge < -0.3 is 9.16 Å². The topological polar surface area (TPSA) is 35.5 Å². The maximum absolute atomic E-state index is 11.5. The van der Waals surface area contributed by atoms with Gasteiger partial charge in [-0.1, -0.05) is 46.5 Å². The van der Waals surface area contributed by atoms with Gasteiger partial charge in [0, 0.05) is 12.5 Å². The molecule has 0 aliphatic carbocycles. The fourth-order valence-electron chi connectivity index (χ4n) is 1.70. The first-order valence-electron chi connectivity index (χ1n) is 8.79. The van der Waals surface area contributed by atoms with Gasteiger partial charge in [0.25, 0.3) is 0 Å². The quantitative estimate of drug-likeness (QED) is 0.269. The average molecular weight is 369 g/mol. The van der Waals surface area contributed by atoms with Crippen molar-refractivity contribution in [3.8, 4) is 11.5 Å². The summed E-state index contributed by atoms with van der Waals surface area (Å²) in [4.78, 5) is 11.5. The van der Waals surface area contributed by atoms with Crippen molar-refractivity contribution in [1.82, 2.24) is 0 Å². The van der Waals surface area contributed by atoms with Crippen molar-refractivity contribution in [3.63, 3.8) is 0 Å². The molecule has 0 bridgehead atoms. The van der Waals surface area contributed by atoms with Crippen molar-refractivity contribution in [3.05, 3.63) is 12.2 Å². The highest BCUT2D eigenvalue weighted by Gasteiger charge is 2.38. The van der Waals surface area contributed by atoms with E-state index in [1.807, 2.05) is 6.08 Å². The van der Waals surface area contributed by atoms with Crippen LogP contribution in [0.3, 0.4) is 0 Å². The SMILES string of the molecule is CCOC(=O)/C=C/CC(CC#C[Si](C)(C)C)O[Si](C)(C)C(C)(C)C. The lowest BCUT2D eigenvalue weighted by molar-refractivity contribution is -0.137. The van der Waals surface area contributed by atoms with Crippen molar-refractivity contribution >= 4 is 22.4 Å². The molecule has 3 nitrogen and oxygen atoms in total. The van der Waals surface area contributed by atoms with Crippen LogP contribution >= 0.6 is 0 Å². The highest BCUT2D eigenvalue weighted by molar-refractivity contribution is 6.83. The van der Waals surface area contributed by atoms with E-state index >= 15 is 0 Å². The molecule has 0 aliphatic rings. The fourth-order valence-corrected chi connectivity index (χ4v) is 3.70. The van der Waals surface area contributed by atoms with Gasteiger partial charge in [-0.25, -0.2) is 4.79 Å². The molecule has 5 heteroatoms. The van der Waals surface area contributed by atoms with Crippen LogP contribution in [0.25, 0.3) is 0 Å². The van der Waals surface area contributed by atoms with Crippen molar-refractivity contribution in [2.75, 3.05) is 6.61 Å². The van der Waals surface area contributed by atoms with E-state index < -0.39 is 16.4 Å². The van der Waals surface area contributed by atoms with E-state index in [4.69, 9.17) is 9.16 Å². The molecule has 138 valence electrons. The largest absolute Gasteiger partial charge is 0.463 e. The highest BCUT2D eigenvalue weighted by Crippen LogP contribution is 2.38. The number of ether oxygens (including phenoxy) is 1. The molecule has 0 heterocycles. The summed E-state index contributed by atoms with van der Waals surface area (Å²) in [5.74, 6) is 3.03. The Bertz CT molecular complexity index is 485. The van der Waals surface area contributed by atoms with Crippen LogP contribution < -0.4 is 0 Å². The van der Waals surface area contributed by atoms with E-state index in [2.05, 4.69) is 65.0 Å². The summed E-state index contributed by atoms with van der Waals surface area (Å²) in [7, 11) is -3.24. The molecular formula is C19H36O3Si2. The second-order valence-corrected chi connectivity index (χ2v) is 18.2. The Balaban J connectivity index is 5.02. The monoisotopic (exact) mass is 368 g/mol. The first-order chi connectivity index (χ1) is 10.8. The molecule has 0 fully saturated rings. The van der Waals surface area contributed by atoms with Crippen LogP contribution in [-0.4, -0.2) is 35.1 Å². The molecule has 0 amide bonds. The molecule has 0 spiro atoms. The molecule has 0 aromatic rings. The van der Waals surface area contributed by atoms with E-state index in [-0.39, 0.29) is 17.1 Å². The third-order valence-corrected chi connectivity index (χ3v) is 9.46. The van der Waals surface area contributed by atoms with Gasteiger partial charge in [-0.3, -0.25) is 0 Å². The third kappa shape index (κ3) is 10.1. The van der Waals surface area contributed by atoms with E-state index in [1.165, 1.54) is 6.08 Å². The maximum Gasteiger partial charge on any atom is 0.330 e. The number of hydrogen-bond acceptors (Lipinski definition) is 3. The van der Waals surface area contributed by atoms with Crippen LogP contribution in [0, 0.1) is 11.5 Å². The van der Waals surface area contributed by atoms with Crippen LogP contribution in [0.2, 0.25) is 37.8 Å². The molecule has 24 heavy (non-hydrogen) atoms. The van der Waals surface area contributed by atoms with Crippen LogP contribution in [0.1, 0.15) is 40.5 Å². The second kappa shape index (κ2) is 9.60. The summed E-state index contributed by atoms with van der Waals surface area (Å²) in [6.07, 6.45) is 4.78. The number of rotatable bonds is 7. The summed E-state index contributed by atoms with van der Waals surface area (Å²) in [5, 5.41) is 0.155. The lowest BCUT2D eigenvalue weighted by Crippen LogP contribution is -2.43. The molecule has 0 saturated carbocycles. The first-order valence-corrected chi connectivity index (χ1v) is 15.2. The van der Waals surface area contributed by atoms with Crippen molar-refractivity contribution in [2.24, 2.45) is 0 Å². The molecule has 0 rings (SSSR count). The second-order valence-electron chi connectivity index (χ2n) is 8.65. The van der Waals surface area contributed by atoms with Crippen LogP contribution in [-0.2, 0) is 14.0 Å². The minimum Gasteiger partial charge on any atom is -0.463 e. The Kier molecular flexibility index (Phi) is 9.26. The predicted molar refractivity (Wildman–Crippen MR) is 108 cm³/mol. The minimum atomic E-state index is -1.86. The molecule has 0 N–H and O–H groups in total. The molecule has 0 radical (unpaired) electrons. The Morgan fingerprint density at radius 2 is 1.75 bits per heavy atom. The van der Waals surface area contributed by atoms with Crippen LogP contribution in [0.4, 0.5) is 0 Å². The maximum atomic E-state index is 11.5. The van der Waals surface area contributed by atoms with E-state index in [0.29, 0.717) is 19.4 Å². The predicted octanol–water partition coefficient (Wildman–Crippen LogP) is 5.16. The van der Waals surface area contributed by atoms with E-state index in [1.54, 1.807) is 6.92 Å². The van der Waals surface area contributed by atoms with Gasteiger partial charge in [0.2, 0.25) is 0 Å². The summed E-state index contributed by atoms with van der Waals surface area (Å²) < 4.78 is 11.4. The molecule has 0 saturated heterocycles. The van der Waals surface area contributed by atoms with Gasteiger partial charge >= 0.3 is 5.97 Å². The van der Waals surface area contributed by atoms with Gasteiger partial charge in [0.1, 0.15) is 8.07 Å². The molecule has 0 aromatic heterocycles. The van der Waals surface area contributed by atoms with Crippen LogP contribution in [0.15, 0.2) is 12.2 Å². The van der Waals surface area contributed by atoms with Gasteiger partial charge in [0.05, 0.1) is 12.7 Å². The Morgan fingerprint density at radius 1 is 1.17 bits per heavy atom. The number of carbonyl (C=O) groups is 1. The normalized spacial score (nSPS) is 14.2. The summed E-state index contributed by atoms with van der Waals surface area (Å²) >= 11 is 0. The number of carbonyl (C=O) groups excluding carboxylic acids is 1. The van der Waals surface area contributed by atoms with Crippen molar-refractivity contribution < 1.29 is 14.0 Å². The zero-order valence-corrected chi connectivity index (χ0v) is 19.1. The van der Waals surface area contributed by atoms with Gasteiger partial charge in [0.15, 0.2) is 8.32 Å². The molecule has 1 atom stereocenters. The van der Waals surface area contributed by atoms with E-state index in [0.717, 1.165) is 0 Å². The van der Waals surface area contributed by atoms with Crippen molar-refractivity contribution in [2.45, 2.75) is 84.4 Å². The molecule has 0 aromatic carbocycles. The Labute approximate surface area is 151 Å². The van der Waals surface area contributed by atoms with E-state index in [9.17, 15) is 4.79 Å². The highest BCUT2D eigenvalue weighted by atomic mass is 28.4. The Morgan fingerprint density at radius 3 is 2.21 bits per heavy atom. The summed E-state index contributed by atoms with van der Waals surface area (Å²) in [5.41, 5.74) is 3.40. The van der Waals surface area contributed by atoms with Crippen molar-refractivity contribution in [1.29, 1.82) is 0 Å². The first kappa shape index (κ1) is 23.2. The average Bonchev–Trinajstić information content (AvgIpc) is 2.35. The van der Waals surface area contributed by atoms with Gasteiger partial charge in [-0.15, -0.1) is 11.5 Å². The smallest absolute Gasteiger partial charge is 0.330 e. The van der Waals surface area contributed by atoms with Gasteiger partial charge in [-0.2, -0.15) is 0 Å². The number of hydrogen-bond donors (Lipinski definition) is 0. The summed E-state index contributed by atoms with van der Waals surface area (Å²) in [6, 6.07) is 0.